The van der Waals surface area contributed by atoms with Gasteiger partial charge in [-0.3, -0.25) is 0 Å². The fraction of sp³-hybridized carbons (Fsp3) is 0.238. The highest BCUT2D eigenvalue weighted by Crippen LogP contribution is 2.34. The summed E-state index contributed by atoms with van der Waals surface area (Å²) < 4.78 is 21.2. The number of ether oxygens (including phenoxy) is 4. The fourth-order valence-electron chi connectivity index (χ4n) is 2.87. The van der Waals surface area contributed by atoms with Crippen LogP contribution < -0.4 is 9.64 Å². The van der Waals surface area contributed by atoms with E-state index in [0.29, 0.717) is 18.0 Å². The van der Waals surface area contributed by atoms with Gasteiger partial charge in [0, 0.05) is 0 Å². The maximum Gasteiger partial charge on any atom is 0.355 e. The van der Waals surface area contributed by atoms with E-state index in [-0.39, 0.29) is 24.6 Å². The van der Waals surface area contributed by atoms with E-state index in [1.807, 2.05) is 42.5 Å². The molecule has 0 radical (unpaired) electrons. The summed E-state index contributed by atoms with van der Waals surface area (Å²) in [5.74, 6) is -0.753. The molecule has 0 amide bonds. The summed E-state index contributed by atoms with van der Waals surface area (Å²) in [5, 5.41) is 0. The van der Waals surface area contributed by atoms with Crippen LogP contribution in [0.3, 0.4) is 0 Å². The maximum atomic E-state index is 12.4. The molecule has 1 heterocycles. The number of hydrogen-bond acceptors (Lipinski definition) is 7. The third kappa shape index (κ3) is 4.15. The third-order valence-electron chi connectivity index (χ3n) is 4.23. The number of carbonyl (C=O) groups excluding carboxylic acids is 2. The smallest absolute Gasteiger partial charge is 0.355 e. The molecule has 0 spiro atoms. The molecular formula is C21H21NO6. The number of hydrogen-bond donors (Lipinski definition) is 0. The molecule has 0 atom stereocenters. The first-order chi connectivity index (χ1) is 13.7. The van der Waals surface area contributed by atoms with Gasteiger partial charge in [-0.2, -0.15) is 0 Å². The van der Waals surface area contributed by atoms with Crippen molar-refractivity contribution < 1.29 is 28.5 Å². The van der Waals surface area contributed by atoms with E-state index in [4.69, 9.17) is 18.9 Å². The Labute approximate surface area is 163 Å². The normalized spacial score (nSPS) is 13.9. The quantitative estimate of drug-likeness (QED) is 0.710. The van der Waals surface area contributed by atoms with Crippen LogP contribution in [0.5, 0.6) is 5.75 Å². The van der Waals surface area contributed by atoms with Gasteiger partial charge in [0.25, 0.3) is 0 Å². The molecule has 3 rings (SSSR count). The number of rotatable bonds is 6. The average molecular weight is 383 g/mol. The summed E-state index contributed by atoms with van der Waals surface area (Å²) in [5.41, 5.74) is 1.76. The lowest BCUT2D eigenvalue weighted by Gasteiger charge is -2.32. The highest BCUT2D eigenvalue weighted by molar-refractivity contribution is 6.03. The Morgan fingerprint density at radius 2 is 1.64 bits per heavy atom. The van der Waals surface area contributed by atoms with Crippen LogP contribution in [0.1, 0.15) is 5.56 Å². The lowest BCUT2D eigenvalue weighted by Crippen LogP contribution is -2.39. The van der Waals surface area contributed by atoms with Crippen molar-refractivity contribution in [2.24, 2.45) is 0 Å². The Hall–Kier alpha value is -3.32. The average Bonchev–Trinajstić information content (AvgIpc) is 2.77. The Morgan fingerprint density at radius 3 is 2.36 bits per heavy atom. The van der Waals surface area contributed by atoms with Crippen molar-refractivity contribution in [1.82, 2.24) is 0 Å². The summed E-state index contributed by atoms with van der Waals surface area (Å²) >= 11 is 0. The highest BCUT2D eigenvalue weighted by atomic mass is 16.5. The lowest BCUT2D eigenvalue weighted by molar-refractivity contribution is -0.140. The Morgan fingerprint density at radius 1 is 0.964 bits per heavy atom. The molecule has 0 aliphatic carbocycles. The molecule has 0 aromatic heterocycles. The molecule has 0 unspecified atom stereocenters. The van der Waals surface area contributed by atoms with E-state index in [1.165, 1.54) is 14.2 Å². The van der Waals surface area contributed by atoms with Crippen LogP contribution in [0.2, 0.25) is 0 Å². The number of nitrogens with zero attached hydrogens (tertiary/aromatic N) is 1. The van der Waals surface area contributed by atoms with Crippen molar-refractivity contribution in [3.8, 4) is 5.75 Å². The van der Waals surface area contributed by atoms with Gasteiger partial charge in [0.15, 0.2) is 0 Å². The Bertz CT molecular complexity index is 877. The van der Waals surface area contributed by atoms with Crippen LogP contribution in [-0.4, -0.2) is 39.5 Å². The van der Waals surface area contributed by atoms with Crippen LogP contribution in [0.25, 0.3) is 0 Å². The van der Waals surface area contributed by atoms with Crippen LogP contribution >= 0.6 is 0 Å². The number of benzene rings is 2. The van der Waals surface area contributed by atoms with Gasteiger partial charge in [0.05, 0.1) is 32.1 Å². The molecule has 1 aliphatic heterocycles. The van der Waals surface area contributed by atoms with Crippen LogP contribution in [0, 0.1) is 0 Å². The second-order valence-electron chi connectivity index (χ2n) is 5.96. The molecule has 0 bridgehead atoms. The zero-order valence-corrected chi connectivity index (χ0v) is 15.7. The number of para-hydroxylation sites is 2. The van der Waals surface area contributed by atoms with Crippen LogP contribution in [0.15, 0.2) is 65.9 Å². The molecule has 146 valence electrons. The van der Waals surface area contributed by atoms with Gasteiger partial charge in [-0.25, -0.2) is 9.59 Å². The topological polar surface area (TPSA) is 74.3 Å². The zero-order chi connectivity index (χ0) is 19.9. The summed E-state index contributed by atoms with van der Waals surface area (Å²) in [6.07, 6.45) is 0. The van der Waals surface area contributed by atoms with Gasteiger partial charge in [0.1, 0.15) is 24.8 Å². The van der Waals surface area contributed by atoms with Gasteiger partial charge in [-0.05, 0) is 17.7 Å². The Kier molecular flexibility index (Phi) is 6.29. The van der Waals surface area contributed by atoms with Crippen LogP contribution in [-0.2, 0) is 30.4 Å². The fourth-order valence-corrected chi connectivity index (χ4v) is 2.87. The predicted octanol–water partition coefficient (Wildman–Crippen LogP) is 2.66. The van der Waals surface area contributed by atoms with Crippen molar-refractivity contribution in [3.05, 3.63) is 71.4 Å². The molecule has 7 nitrogen and oxygen atoms in total. The molecule has 7 heteroatoms. The van der Waals surface area contributed by atoms with E-state index in [0.717, 1.165) is 5.56 Å². The van der Waals surface area contributed by atoms with E-state index in [1.54, 1.807) is 17.0 Å². The monoisotopic (exact) mass is 383 g/mol. The van der Waals surface area contributed by atoms with Crippen molar-refractivity contribution in [1.29, 1.82) is 0 Å². The second kappa shape index (κ2) is 9.05. The molecule has 0 saturated heterocycles. The first kappa shape index (κ1) is 19.4. The Balaban J connectivity index is 1.97. The van der Waals surface area contributed by atoms with Crippen molar-refractivity contribution in [3.63, 3.8) is 0 Å². The van der Waals surface area contributed by atoms with E-state index >= 15 is 0 Å². The SMILES string of the molecule is COC(=O)C1=C(C(=O)OC)N(c2ccccc2OCc2ccccc2)COC1. The minimum Gasteiger partial charge on any atom is -0.487 e. The molecule has 1 aliphatic rings. The van der Waals surface area contributed by atoms with E-state index in [9.17, 15) is 9.59 Å². The minimum absolute atomic E-state index is 0.0410. The standard InChI is InChI=1S/C21H21NO6/c1-25-20(23)16-13-27-14-22(19(16)21(24)26-2)17-10-6-7-11-18(17)28-12-15-8-4-3-5-9-15/h3-11H,12-14H2,1-2H3. The van der Waals surface area contributed by atoms with E-state index < -0.39 is 11.9 Å². The van der Waals surface area contributed by atoms with Crippen LogP contribution in [0.4, 0.5) is 5.69 Å². The lowest BCUT2D eigenvalue weighted by atomic mass is 10.1. The van der Waals surface area contributed by atoms with Crippen molar-refractivity contribution >= 4 is 17.6 Å². The number of esters is 2. The minimum atomic E-state index is -0.651. The molecule has 2 aromatic rings. The molecule has 0 N–H and O–H groups in total. The van der Waals surface area contributed by atoms with Gasteiger partial charge < -0.3 is 23.8 Å². The maximum absolute atomic E-state index is 12.4. The van der Waals surface area contributed by atoms with Gasteiger partial charge in [0.2, 0.25) is 0 Å². The third-order valence-corrected chi connectivity index (χ3v) is 4.23. The molecule has 28 heavy (non-hydrogen) atoms. The van der Waals surface area contributed by atoms with Gasteiger partial charge in [-0.15, -0.1) is 0 Å². The number of anilines is 1. The highest BCUT2D eigenvalue weighted by Gasteiger charge is 2.33. The summed E-state index contributed by atoms with van der Waals surface area (Å²) in [6, 6.07) is 16.9. The zero-order valence-electron chi connectivity index (χ0n) is 15.7. The second-order valence-corrected chi connectivity index (χ2v) is 5.96. The largest absolute Gasteiger partial charge is 0.487 e. The molecule has 0 fully saturated rings. The van der Waals surface area contributed by atoms with E-state index in [2.05, 4.69) is 0 Å². The summed E-state index contributed by atoms with van der Waals surface area (Å²) in [4.78, 5) is 26.1. The molecular weight excluding hydrogens is 362 g/mol. The first-order valence-corrected chi connectivity index (χ1v) is 8.66. The van der Waals surface area contributed by atoms with Gasteiger partial charge in [-0.1, -0.05) is 42.5 Å². The number of methoxy groups -OCH3 is 2. The summed E-state index contributed by atoms with van der Waals surface area (Å²) in [7, 11) is 2.51. The first-order valence-electron chi connectivity index (χ1n) is 8.66. The van der Waals surface area contributed by atoms with Crippen molar-refractivity contribution in [2.45, 2.75) is 6.61 Å². The van der Waals surface area contributed by atoms with Crippen molar-refractivity contribution in [2.75, 3.05) is 32.5 Å². The predicted molar refractivity (Wildman–Crippen MR) is 102 cm³/mol. The molecule has 2 aromatic carbocycles. The molecule has 0 saturated carbocycles. The van der Waals surface area contributed by atoms with Gasteiger partial charge >= 0.3 is 11.9 Å². The number of carbonyl (C=O) groups is 2. The summed E-state index contributed by atoms with van der Waals surface area (Å²) in [6.45, 7) is 0.380.